The van der Waals surface area contributed by atoms with E-state index >= 15 is 0 Å². The van der Waals surface area contributed by atoms with Crippen LogP contribution in [-0.2, 0) is 4.79 Å². The lowest BCUT2D eigenvalue weighted by Crippen LogP contribution is -2.46. The Labute approximate surface area is 129 Å². The number of thiophene rings is 1. The molecule has 0 aliphatic rings. The summed E-state index contributed by atoms with van der Waals surface area (Å²) >= 11 is 6.69. The van der Waals surface area contributed by atoms with Crippen LogP contribution in [0.1, 0.15) is 30.0 Å². The molecule has 1 heterocycles. The molecule has 1 amide bonds. The molecule has 0 aliphatic carbocycles. The first kappa shape index (κ1) is 16.7. The van der Waals surface area contributed by atoms with Crippen molar-refractivity contribution in [3.05, 3.63) is 28.0 Å². The molecule has 0 aromatic carbocycles. The fourth-order valence-corrected chi connectivity index (χ4v) is 2.31. The van der Waals surface area contributed by atoms with Crippen molar-refractivity contribution in [2.45, 2.75) is 27.2 Å². The second-order valence-electron chi connectivity index (χ2n) is 4.83. The van der Waals surface area contributed by atoms with Crippen LogP contribution in [0.3, 0.4) is 0 Å². The third kappa shape index (κ3) is 7.25. The molecule has 0 unspecified atom stereocenters. The van der Waals surface area contributed by atoms with E-state index in [0.29, 0.717) is 11.0 Å². The first-order chi connectivity index (χ1) is 9.47. The Morgan fingerprint density at radius 3 is 2.75 bits per heavy atom. The number of rotatable bonds is 5. The average Bonchev–Trinajstić information content (AvgIpc) is 2.79. The number of hydrazine groups is 1. The number of hydrogen-bond acceptors (Lipinski definition) is 3. The normalized spacial score (nSPS) is 10.8. The van der Waals surface area contributed by atoms with Crippen molar-refractivity contribution in [2.24, 2.45) is 5.92 Å². The smallest absolute Gasteiger partial charge is 0.262 e. The summed E-state index contributed by atoms with van der Waals surface area (Å²) in [6.07, 6.45) is 4.30. The van der Waals surface area contributed by atoms with E-state index in [1.807, 2.05) is 19.1 Å². The minimum absolute atomic E-state index is 0.232. The van der Waals surface area contributed by atoms with Gasteiger partial charge in [-0.3, -0.25) is 15.6 Å². The largest absolute Gasteiger partial charge is 0.361 e. The van der Waals surface area contributed by atoms with Crippen molar-refractivity contribution in [2.75, 3.05) is 6.54 Å². The molecule has 0 saturated heterocycles. The van der Waals surface area contributed by atoms with Gasteiger partial charge in [0.2, 0.25) is 0 Å². The molecule has 0 aliphatic heterocycles. The van der Waals surface area contributed by atoms with Gasteiger partial charge in [0.1, 0.15) is 0 Å². The molecule has 0 radical (unpaired) electrons. The van der Waals surface area contributed by atoms with Crippen LogP contribution in [0.15, 0.2) is 18.2 Å². The predicted octanol–water partition coefficient (Wildman–Crippen LogP) is 2.61. The summed E-state index contributed by atoms with van der Waals surface area (Å²) in [5, 5.41) is 3.46. The Hall–Kier alpha value is -1.40. The lowest BCUT2D eigenvalue weighted by molar-refractivity contribution is -0.116. The van der Waals surface area contributed by atoms with Crippen molar-refractivity contribution in [1.82, 2.24) is 16.2 Å². The molecule has 4 nitrogen and oxygen atoms in total. The minimum atomic E-state index is -0.232. The fourth-order valence-electron chi connectivity index (χ4n) is 1.38. The standard InChI is InChI=1S/C14H21N3OS2/c1-10(2)8-9-15-14(19)17-16-13(18)7-6-12-5-4-11(3)20-12/h4-7,10H,8-9H2,1-3H3,(H,16,18)(H2,15,17,19)/b7-6+. The van der Waals surface area contributed by atoms with Gasteiger partial charge in [-0.1, -0.05) is 13.8 Å². The van der Waals surface area contributed by atoms with Gasteiger partial charge in [-0.25, -0.2) is 0 Å². The number of carbonyl (C=O) groups is 1. The van der Waals surface area contributed by atoms with Gasteiger partial charge < -0.3 is 5.32 Å². The Morgan fingerprint density at radius 1 is 1.40 bits per heavy atom. The third-order valence-corrected chi connectivity index (χ3v) is 3.68. The van der Waals surface area contributed by atoms with Gasteiger partial charge in [-0.05, 0) is 49.7 Å². The summed E-state index contributed by atoms with van der Waals surface area (Å²) in [4.78, 5) is 13.8. The van der Waals surface area contributed by atoms with Crippen molar-refractivity contribution >= 4 is 40.7 Å². The van der Waals surface area contributed by atoms with Crippen LogP contribution in [-0.4, -0.2) is 17.6 Å². The van der Waals surface area contributed by atoms with E-state index in [1.165, 1.54) is 11.0 Å². The van der Waals surface area contributed by atoms with E-state index in [-0.39, 0.29) is 5.91 Å². The average molecular weight is 311 g/mol. The number of amides is 1. The van der Waals surface area contributed by atoms with Gasteiger partial charge >= 0.3 is 0 Å². The quantitative estimate of drug-likeness (QED) is 0.444. The van der Waals surface area contributed by atoms with E-state index in [0.717, 1.165) is 17.8 Å². The van der Waals surface area contributed by atoms with E-state index in [9.17, 15) is 4.79 Å². The van der Waals surface area contributed by atoms with Gasteiger partial charge in [0.05, 0.1) is 0 Å². The summed E-state index contributed by atoms with van der Waals surface area (Å²) < 4.78 is 0. The maximum Gasteiger partial charge on any atom is 0.262 e. The Bertz CT molecular complexity index is 481. The topological polar surface area (TPSA) is 53.2 Å². The van der Waals surface area contributed by atoms with Crippen molar-refractivity contribution in [1.29, 1.82) is 0 Å². The first-order valence-electron chi connectivity index (χ1n) is 6.55. The number of aryl methyl sites for hydroxylation is 1. The van der Waals surface area contributed by atoms with E-state index in [1.54, 1.807) is 17.4 Å². The highest BCUT2D eigenvalue weighted by atomic mass is 32.1. The molecule has 20 heavy (non-hydrogen) atoms. The molecule has 1 aromatic rings. The summed E-state index contributed by atoms with van der Waals surface area (Å²) in [6.45, 7) is 7.13. The molecule has 1 rings (SSSR count). The zero-order chi connectivity index (χ0) is 15.0. The van der Waals surface area contributed by atoms with E-state index < -0.39 is 0 Å². The molecule has 0 bridgehead atoms. The Morgan fingerprint density at radius 2 is 2.15 bits per heavy atom. The lowest BCUT2D eigenvalue weighted by atomic mass is 10.1. The number of nitrogens with one attached hydrogen (secondary N) is 3. The summed E-state index contributed by atoms with van der Waals surface area (Å²) in [7, 11) is 0. The van der Waals surface area contributed by atoms with Crippen LogP contribution in [0, 0.1) is 12.8 Å². The Balaban J connectivity index is 2.22. The molecule has 1 aromatic heterocycles. The van der Waals surface area contributed by atoms with Crippen molar-refractivity contribution in [3.63, 3.8) is 0 Å². The van der Waals surface area contributed by atoms with Crippen molar-refractivity contribution in [3.8, 4) is 0 Å². The van der Waals surface area contributed by atoms with E-state index in [4.69, 9.17) is 12.2 Å². The highest BCUT2D eigenvalue weighted by Gasteiger charge is 1.99. The molecule has 0 saturated carbocycles. The van der Waals surface area contributed by atoms with Gasteiger partial charge in [0, 0.05) is 22.4 Å². The predicted molar refractivity (Wildman–Crippen MR) is 89.4 cm³/mol. The second kappa shape index (κ2) is 8.71. The van der Waals surface area contributed by atoms with Crippen molar-refractivity contribution < 1.29 is 4.79 Å². The fraction of sp³-hybridized carbons (Fsp3) is 0.429. The Kier molecular flexibility index (Phi) is 7.25. The minimum Gasteiger partial charge on any atom is -0.361 e. The van der Waals surface area contributed by atoms with Gasteiger partial charge in [0.15, 0.2) is 5.11 Å². The maximum atomic E-state index is 11.6. The molecular weight excluding hydrogens is 290 g/mol. The zero-order valence-corrected chi connectivity index (χ0v) is 13.7. The van der Waals surface area contributed by atoms with Crippen LogP contribution < -0.4 is 16.2 Å². The monoisotopic (exact) mass is 311 g/mol. The van der Waals surface area contributed by atoms with Gasteiger partial charge in [-0.15, -0.1) is 11.3 Å². The summed E-state index contributed by atoms with van der Waals surface area (Å²) in [5.74, 6) is 0.390. The zero-order valence-electron chi connectivity index (χ0n) is 12.0. The maximum absolute atomic E-state index is 11.6. The van der Waals surface area contributed by atoms with E-state index in [2.05, 4.69) is 30.0 Å². The first-order valence-corrected chi connectivity index (χ1v) is 7.78. The molecular formula is C14H21N3OS2. The van der Waals surface area contributed by atoms with Gasteiger partial charge in [0.25, 0.3) is 5.91 Å². The molecule has 0 atom stereocenters. The molecule has 0 fully saturated rings. The highest BCUT2D eigenvalue weighted by Crippen LogP contribution is 2.16. The molecule has 3 N–H and O–H groups in total. The highest BCUT2D eigenvalue weighted by molar-refractivity contribution is 7.80. The second-order valence-corrected chi connectivity index (χ2v) is 6.56. The molecule has 0 spiro atoms. The van der Waals surface area contributed by atoms with Crippen LogP contribution >= 0.6 is 23.6 Å². The van der Waals surface area contributed by atoms with Crippen LogP contribution in [0.2, 0.25) is 0 Å². The van der Waals surface area contributed by atoms with Crippen LogP contribution in [0.25, 0.3) is 6.08 Å². The number of carbonyl (C=O) groups excluding carboxylic acids is 1. The number of hydrogen-bond donors (Lipinski definition) is 3. The SMILES string of the molecule is Cc1ccc(/C=C/C(=O)NNC(=S)NCCC(C)C)s1. The summed E-state index contributed by atoms with van der Waals surface area (Å²) in [6, 6.07) is 4.00. The summed E-state index contributed by atoms with van der Waals surface area (Å²) in [5.41, 5.74) is 5.19. The molecule has 6 heteroatoms. The molecule has 110 valence electrons. The third-order valence-electron chi connectivity index (χ3n) is 2.47. The van der Waals surface area contributed by atoms with Crippen LogP contribution in [0.4, 0.5) is 0 Å². The number of thiocarbonyl (C=S) groups is 1. The van der Waals surface area contributed by atoms with Crippen LogP contribution in [0.5, 0.6) is 0 Å². The lowest BCUT2D eigenvalue weighted by Gasteiger charge is -2.11. The van der Waals surface area contributed by atoms with Gasteiger partial charge in [-0.2, -0.15) is 0 Å².